The Balaban J connectivity index is 1.83. The van der Waals surface area contributed by atoms with Crippen molar-refractivity contribution in [3.05, 3.63) is 77.9 Å². The fourth-order valence-corrected chi connectivity index (χ4v) is 13.2. The van der Waals surface area contributed by atoms with E-state index < -0.39 is 7.92 Å². The summed E-state index contributed by atoms with van der Waals surface area (Å²) in [5, 5.41) is 1.43. The lowest BCUT2D eigenvalue weighted by Gasteiger charge is -2.41. The van der Waals surface area contributed by atoms with E-state index in [9.17, 15) is 0 Å². The van der Waals surface area contributed by atoms with Crippen LogP contribution in [0.4, 0.5) is 0 Å². The van der Waals surface area contributed by atoms with Gasteiger partial charge in [-0.05, 0) is 107 Å². The van der Waals surface area contributed by atoms with Crippen LogP contribution in [0.25, 0.3) is 33.4 Å². The first kappa shape index (κ1) is 37.3. The van der Waals surface area contributed by atoms with Crippen LogP contribution < -0.4 is 24.3 Å². The van der Waals surface area contributed by atoms with Crippen molar-refractivity contribution >= 4 is 13.2 Å². The van der Waals surface area contributed by atoms with Gasteiger partial charge in [0.05, 0.1) is 28.4 Å². The Morgan fingerprint density at radius 3 is 1.29 bits per heavy atom. The average Bonchev–Trinajstić information content (AvgIpc) is 3.17. The van der Waals surface area contributed by atoms with Gasteiger partial charge in [0.15, 0.2) is 0 Å². The van der Waals surface area contributed by atoms with Crippen molar-refractivity contribution in [2.75, 3.05) is 28.4 Å². The molecule has 0 aromatic heterocycles. The monoisotopic (exact) mass is 706 g/mol. The summed E-state index contributed by atoms with van der Waals surface area (Å²) in [6.45, 7) is 9.40. The molecule has 272 valence electrons. The molecule has 0 atom stereocenters. The third-order valence-electron chi connectivity index (χ3n) is 11.3. The molecule has 0 N–H and O–H groups in total. The molecular formula is C46H59O4P. The number of para-hydroxylation sites is 2. The number of ether oxygens (including phenoxy) is 4. The van der Waals surface area contributed by atoms with Crippen molar-refractivity contribution in [3.8, 4) is 56.4 Å². The van der Waals surface area contributed by atoms with Gasteiger partial charge in [0.2, 0.25) is 0 Å². The first-order valence-corrected chi connectivity index (χ1v) is 20.8. The second-order valence-corrected chi connectivity index (χ2v) is 17.8. The predicted octanol–water partition coefficient (Wildman–Crippen LogP) is 12.7. The number of methoxy groups -OCH3 is 4. The zero-order valence-corrected chi connectivity index (χ0v) is 33.2. The minimum Gasteiger partial charge on any atom is -0.496 e. The van der Waals surface area contributed by atoms with Crippen molar-refractivity contribution in [1.29, 1.82) is 0 Å². The van der Waals surface area contributed by atoms with Crippen LogP contribution in [-0.4, -0.2) is 39.8 Å². The van der Waals surface area contributed by atoms with E-state index in [1.54, 1.807) is 14.2 Å². The van der Waals surface area contributed by atoms with Crippen LogP contribution in [0.3, 0.4) is 0 Å². The molecule has 0 unspecified atom stereocenters. The second kappa shape index (κ2) is 16.9. The second-order valence-electron chi connectivity index (χ2n) is 15.1. The highest BCUT2D eigenvalue weighted by Crippen LogP contribution is 2.60. The third kappa shape index (κ3) is 7.41. The minimum atomic E-state index is -0.549. The summed E-state index contributed by atoms with van der Waals surface area (Å²) < 4.78 is 25.2. The van der Waals surface area contributed by atoms with E-state index in [0.717, 1.165) is 34.1 Å². The lowest BCUT2D eigenvalue weighted by molar-refractivity contribution is 0.406. The van der Waals surface area contributed by atoms with Gasteiger partial charge in [-0.15, -0.1) is 0 Å². The van der Waals surface area contributed by atoms with E-state index in [1.807, 2.05) is 14.2 Å². The molecule has 0 heterocycles. The molecule has 2 saturated carbocycles. The smallest absolute Gasteiger partial charge is 0.127 e. The molecule has 2 aliphatic carbocycles. The Kier molecular flexibility index (Phi) is 12.3. The number of rotatable bonds is 12. The van der Waals surface area contributed by atoms with Crippen molar-refractivity contribution in [1.82, 2.24) is 0 Å². The van der Waals surface area contributed by atoms with E-state index in [4.69, 9.17) is 18.9 Å². The van der Waals surface area contributed by atoms with Gasteiger partial charge in [-0.1, -0.05) is 111 Å². The molecule has 2 aliphatic rings. The predicted molar refractivity (Wildman–Crippen MR) is 217 cm³/mol. The van der Waals surface area contributed by atoms with Gasteiger partial charge in [-0.3, -0.25) is 0 Å². The normalized spacial score (nSPS) is 15.8. The van der Waals surface area contributed by atoms with Gasteiger partial charge in [-0.2, -0.15) is 0 Å². The van der Waals surface area contributed by atoms with E-state index in [2.05, 4.69) is 94.4 Å². The van der Waals surface area contributed by atoms with Crippen LogP contribution in [0, 0.1) is 0 Å². The maximum absolute atomic E-state index is 6.52. The number of hydrogen-bond donors (Lipinski definition) is 0. The fraction of sp³-hybridized carbons (Fsp3) is 0.478. The molecule has 0 spiro atoms. The van der Waals surface area contributed by atoms with E-state index >= 15 is 0 Å². The highest BCUT2D eigenvalue weighted by Gasteiger charge is 2.39. The highest BCUT2D eigenvalue weighted by molar-refractivity contribution is 7.67. The Hall–Kier alpha value is -3.49. The van der Waals surface area contributed by atoms with E-state index in [-0.39, 0.29) is 11.8 Å². The molecule has 2 fully saturated rings. The zero-order chi connectivity index (χ0) is 36.1. The van der Waals surface area contributed by atoms with E-state index in [0.29, 0.717) is 11.3 Å². The molecule has 51 heavy (non-hydrogen) atoms. The van der Waals surface area contributed by atoms with E-state index in [1.165, 1.54) is 103 Å². The molecule has 0 amide bonds. The summed E-state index contributed by atoms with van der Waals surface area (Å²) in [5.41, 5.74) is 11.2. The minimum absolute atomic E-state index is 0.212. The summed E-state index contributed by atoms with van der Waals surface area (Å²) in [4.78, 5) is 0. The molecular weight excluding hydrogens is 647 g/mol. The van der Waals surface area contributed by atoms with Gasteiger partial charge in [0.25, 0.3) is 0 Å². The Morgan fingerprint density at radius 2 is 0.882 bits per heavy atom. The Morgan fingerprint density at radius 1 is 0.471 bits per heavy atom. The number of benzene rings is 4. The average molecular weight is 707 g/mol. The van der Waals surface area contributed by atoms with Crippen LogP contribution in [0.5, 0.6) is 23.0 Å². The SMILES string of the molecule is COc1ccccc1-c1cc(-c2ccccc2OC)c(C(C)C)c(-c2c(OC)ccc(OC)c2P(C2CCCCC2)C2CCCCC2)c1C(C)C. The maximum atomic E-state index is 6.52. The molecule has 0 radical (unpaired) electrons. The number of hydrogen-bond acceptors (Lipinski definition) is 4. The molecule has 0 saturated heterocycles. The van der Waals surface area contributed by atoms with Gasteiger partial charge in [0, 0.05) is 22.0 Å². The quantitative estimate of drug-likeness (QED) is 0.137. The third-order valence-corrected chi connectivity index (χ3v) is 14.9. The first-order valence-electron chi connectivity index (χ1n) is 19.4. The Labute approximate surface area is 309 Å². The topological polar surface area (TPSA) is 36.9 Å². The van der Waals surface area contributed by atoms with Gasteiger partial charge >= 0.3 is 0 Å². The van der Waals surface area contributed by atoms with Crippen LogP contribution in [0.1, 0.15) is 115 Å². The van der Waals surface area contributed by atoms with Crippen molar-refractivity contribution in [3.63, 3.8) is 0 Å². The summed E-state index contributed by atoms with van der Waals surface area (Å²) in [5.74, 6) is 4.14. The summed E-state index contributed by atoms with van der Waals surface area (Å²) >= 11 is 0. The van der Waals surface area contributed by atoms with Crippen LogP contribution in [0.15, 0.2) is 66.7 Å². The van der Waals surface area contributed by atoms with Gasteiger partial charge in [0.1, 0.15) is 23.0 Å². The molecule has 0 bridgehead atoms. The van der Waals surface area contributed by atoms with Crippen LogP contribution in [-0.2, 0) is 0 Å². The lowest BCUT2D eigenvalue weighted by Crippen LogP contribution is -2.28. The van der Waals surface area contributed by atoms with Crippen LogP contribution >= 0.6 is 7.92 Å². The maximum Gasteiger partial charge on any atom is 0.127 e. The molecule has 5 heteroatoms. The standard InChI is InChI=1S/C46H59O4P/c1-30(2)42-36(34-23-15-17-25-38(34)47-5)29-37(35-24-16-18-26-39(35)48-6)43(31(3)4)45(42)44-40(49-7)27-28-41(50-8)46(44)51(32-19-11-9-12-20-32)33-21-13-10-14-22-33/h15-18,23-33H,9-14,19-22H2,1-8H3. The van der Waals surface area contributed by atoms with Crippen molar-refractivity contribution in [2.45, 2.75) is 115 Å². The summed E-state index contributed by atoms with van der Waals surface area (Å²) in [6.07, 6.45) is 13.2. The molecule has 4 aromatic carbocycles. The fourth-order valence-electron chi connectivity index (χ4n) is 9.13. The van der Waals surface area contributed by atoms with Gasteiger partial charge in [-0.25, -0.2) is 0 Å². The van der Waals surface area contributed by atoms with Gasteiger partial charge < -0.3 is 18.9 Å². The Bertz CT molecular complexity index is 1680. The first-order chi connectivity index (χ1) is 24.8. The van der Waals surface area contributed by atoms with Crippen LogP contribution in [0.2, 0.25) is 0 Å². The van der Waals surface area contributed by atoms with Crippen molar-refractivity contribution < 1.29 is 18.9 Å². The lowest BCUT2D eigenvalue weighted by atomic mass is 9.76. The largest absolute Gasteiger partial charge is 0.496 e. The molecule has 4 aromatic rings. The van der Waals surface area contributed by atoms with Crippen molar-refractivity contribution in [2.24, 2.45) is 0 Å². The molecule has 0 aliphatic heterocycles. The summed E-state index contributed by atoms with van der Waals surface area (Å²) in [7, 11) is 6.75. The molecule has 4 nitrogen and oxygen atoms in total. The zero-order valence-electron chi connectivity index (χ0n) is 32.3. The molecule has 6 rings (SSSR count). The summed E-state index contributed by atoms with van der Waals surface area (Å²) in [6, 6.07) is 23.8. The highest BCUT2D eigenvalue weighted by atomic mass is 31.1.